The molecule has 4 heteroatoms. The number of ether oxygens (including phenoxy) is 1. The Morgan fingerprint density at radius 2 is 2.10 bits per heavy atom. The smallest absolute Gasteiger partial charge is 0.303 e. The van der Waals surface area contributed by atoms with E-state index in [0.717, 1.165) is 31.6 Å². The fraction of sp³-hybridized carbons (Fsp3) is 0.588. The van der Waals surface area contributed by atoms with Gasteiger partial charge in [0.2, 0.25) is 0 Å². The highest BCUT2D eigenvalue weighted by molar-refractivity contribution is 5.66. The average Bonchev–Trinajstić information content (AvgIpc) is 2.77. The first-order valence-corrected chi connectivity index (χ1v) is 7.66. The van der Waals surface area contributed by atoms with Crippen LogP contribution >= 0.6 is 0 Å². The van der Waals surface area contributed by atoms with E-state index < -0.39 is 5.97 Å². The van der Waals surface area contributed by atoms with Gasteiger partial charge in [-0.1, -0.05) is 18.2 Å². The van der Waals surface area contributed by atoms with Crippen LogP contribution in [0.1, 0.15) is 39.5 Å². The lowest BCUT2D eigenvalue weighted by molar-refractivity contribution is -0.137. The Balaban J connectivity index is 1.97. The highest BCUT2D eigenvalue weighted by Gasteiger charge is 2.32. The van der Waals surface area contributed by atoms with Crippen LogP contribution in [0, 0.1) is 0 Å². The number of carbonyl (C=O) groups is 1. The van der Waals surface area contributed by atoms with Crippen LogP contribution < -0.4 is 4.90 Å². The Morgan fingerprint density at radius 3 is 2.67 bits per heavy atom. The van der Waals surface area contributed by atoms with Crippen LogP contribution in [0.5, 0.6) is 0 Å². The molecule has 1 atom stereocenters. The van der Waals surface area contributed by atoms with Gasteiger partial charge >= 0.3 is 5.97 Å². The minimum Gasteiger partial charge on any atom is -0.481 e. The van der Waals surface area contributed by atoms with E-state index in [4.69, 9.17) is 9.84 Å². The number of rotatable bonds is 7. The predicted octanol–water partition coefficient (Wildman–Crippen LogP) is 3.32. The monoisotopic (exact) mass is 291 g/mol. The fourth-order valence-corrected chi connectivity index (χ4v) is 2.84. The largest absolute Gasteiger partial charge is 0.481 e. The van der Waals surface area contributed by atoms with Gasteiger partial charge in [-0.15, -0.1) is 0 Å². The van der Waals surface area contributed by atoms with Crippen LogP contribution in [-0.2, 0) is 9.53 Å². The topological polar surface area (TPSA) is 49.8 Å². The number of anilines is 1. The lowest BCUT2D eigenvalue weighted by Gasteiger charge is -2.28. The van der Waals surface area contributed by atoms with Gasteiger partial charge in [-0.3, -0.25) is 4.79 Å². The lowest BCUT2D eigenvalue weighted by atomic mass is 10.1. The minimum absolute atomic E-state index is 0.0336. The molecule has 0 saturated carbocycles. The van der Waals surface area contributed by atoms with Gasteiger partial charge in [0.1, 0.15) is 0 Å². The molecule has 0 aliphatic carbocycles. The zero-order valence-electron chi connectivity index (χ0n) is 12.9. The number of para-hydroxylation sites is 1. The molecule has 1 N–H and O–H groups in total. The van der Waals surface area contributed by atoms with Gasteiger partial charge in [0, 0.05) is 25.2 Å². The lowest BCUT2D eigenvalue weighted by Crippen LogP contribution is -2.34. The molecule has 116 valence electrons. The number of nitrogens with zero attached hydrogens (tertiary/aromatic N) is 1. The van der Waals surface area contributed by atoms with Gasteiger partial charge in [0.15, 0.2) is 0 Å². The second kappa shape index (κ2) is 6.94. The van der Waals surface area contributed by atoms with E-state index in [0.29, 0.717) is 6.42 Å². The van der Waals surface area contributed by atoms with Crippen LogP contribution in [-0.4, -0.2) is 35.9 Å². The molecule has 21 heavy (non-hydrogen) atoms. The summed E-state index contributed by atoms with van der Waals surface area (Å²) < 4.78 is 6.07. The highest BCUT2D eigenvalue weighted by Crippen LogP contribution is 2.30. The molecule has 2 rings (SSSR count). The maximum Gasteiger partial charge on any atom is 0.303 e. The minimum atomic E-state index is -0.735. The summed E-state index contributed by atoms with van der Waals surface area (Å²) in [5, 5.41) is 8.81. The normalized spacial score (nSPS) is 20.4. The first-order chi connectivity index (χ1) is 9.96. The molecule has 1 aromatic rings. The summed E-state index contributed by atoms with van der Waals surface area (Å²) in [4.78, 5) is 12.9. The van der Waals surface area contributed by atoms with Crippen LogP contribution in [0.15, 0.2) is 30.3 Å². The van der Waals surface area contributed by atoms with Gasteiger partial charge in [-0.2, -0.15) is 0 Å². The molecule has 1 unspecified atom stereocenters. The van der Waals surface area contributed by atoms with E-state index in [-0.39, 0.29) is 18.1 Å². The van der Waals surface area contributed by atoms with Gasteiger partial charge in [0.25, 0.3) is 0 Å². The van der Waals surface area contributed by atoms with E-state index in [2.05, 4.69) is 30.9 Å². The molecular formula is C17H25NO3. The van der Waals surface area contributed by atoms with Crippen molar-refractivity contribution in [3.8, 4) is 0 Å². The molecule has 1 aliphatic heterocycles. The molecule has 0 radical (unpaired) electrons. The summed E-state index contributed by atoms with van der Waals surface area (Å²) in [6.07, 6.45) is 3.23. The molecule has 0 amide bonds. The number of hydrogen-bond acceptors (Lipinski definition) is 3. The Morgan fingerprint density at radius 1 is 1.38 bits per heavy atom. The highest BCUT2D eigenvalue weighted by atomic mass is 16.5. The van der Waals surface area contributed by atoms with E-state index in [1.54, 1.807) is 0 Å². The first-order valence-electron chi connectivity index (χ1n) is 7.66. The van der Waals surface area contributed by atoms with Crippen molar-refractivity contribution in [1.82, 2.24) is 0 Å². The third kappa shape index (κ3) is 5.05. The molecule has 0 spiro atoms. The van der Waals surface area contributed by atoms with Crippen molar-refractivity contribution in [2.24, 2.45) is 0 Å². The average molecular weight is 291 g/mol. The SMILES string of the molecule is CC1(C)CCC(CN(CCCC(=O)O)c2ccccc2)O1. The summed E-state index contributed by atoms with van der Waals surface area (Å²) in [7, 11) is 0. The second-order valence-electron chi connectivity index (χ2n) is 6.32. The second-order valence-corrected chi connectivity index (χ2v) is 6.32. The summed E-state index contributed by atoms with van der Waals surface area (Å²) in [6, 6.07) is 10.2. The van der Waals surface area contributed by atoms with Crippen molar-refractivity contribution in [2.75, 3.05) is 18.0 Å². The summed E-state index contributed by atoms with van der Waals surface area (Å²) >= 11 is 0. The van der Waals surface area contributed by atoms with E-state index >= 15 is 0 Å². The van der Waals surface area contributed by atoms with Gasteiger partial charge < -0.3 is 14.7 Å². The maximum atomic E-state index is 10.7. The molecule has 1 saturated heterocycles. The Labute approximate surface area is 126 Å². The number of carboxylic acids is 1. The summed E-state index contributed by atoms with van der Waals surface area (Å²) in [5.74, 6) is -0.735. The van der Waals surface area contributed by atoms with E-state index in [1.165, 1.54) is 0 Å². The summed E-state index contributed by atoms with van der Waals surface area (Å²) in [6.45, 7) is 5.83. The number of hydrogen-bond donors (Lipinski definition) is 1. The molecule has 1 aromatic carbocycles. The van der Waals surface area contributed by atoms with Crippen molar-refractivity contribution in [3.05, 3.63) is 30.3 Å². The zero-order chi connectivity index (χ0) is 15.3. The van der Waals surface area contributed by atoms with Gasteiger partial charge in [-0.25, -0.2) is 0 Å². The Hall–Kier alpha value is -1.55. The number of benzene rings is 1. The number of carboxylic acid groups (broad SMARTS) is 1. The fourth-order valence-electron chi connectivity index (χ4n) is 2.84. The van der Waals surface area contributed by atoms with Crippen LogP contribution in [0.4, 0.5) is 5.69 Å². The quantitative estimate of drug-likeness (QED) is 0.837. The van der Waals surface area contributed by atoms with Crippen molar-refractivity contribution in [2.45, 2.75) is 51.2 Å². The molecule has 1 heterocycles. The van der Waals surface area contributed by atoms with Crippen LogP contribution in [0.2, 0.25) is 0 Å². The van der Waals surface area contributed by atoms with Crippen LogP contribution in [0.25, 0.3) is 0 Å². The molecule has 0 bridgehead atoms. The van der Waals surface area contributed by atoms with E-state index in [1.807, 2.05) is 18.2 Å². The molecular weight excluding hydrogens is 266 g/mol. The Kier molecular flexibility index (Phi) is 5.23. The Bertz CT molecular complexity index is 458. The molecule has 1 fully saturated rings. The maximum absolute atomic E-state index is 10.7. The van der Waals surface area contributed by atoms with Crippen LogP contribution in [0.3, 0.4) is 0 Å². The summed E-state index contributed by atoms with van der Waals surface area (Å²) in [5.41, 5.74) is 1.10. The van der Waals surface area contributed by atoms with Crippen molar-refractivity contribution >= 4 is 11.7 Å². The third-order valence-electron chi connectivity index (χ3n) is 3.92. The van der Waals surface area contributed by atoms with Gasteiger partial charge in [0.05, 0.1) is 11.7 Å². The van der Waals surface area contributed by atoms with E-state index in [9.17, 15) is 4.79 Å². The first kappa shape index (κ1) is 15.8. The zero-order valence-corrected chi connectivity index (χ0v) is 12.9. The molecule has 4 nitrogen and oxygen atoms in total. The molecule has 1 aliphatic rings. The predicted molar refractivity (Wildman–Crippen MR) is 83.7 cm³/mol. The van der Waals surface area contributed by atoms with Crippen molar-refractivity contribution < 1.29 is 14.6 Å². The van der Waals surface area contributed by atoms with Crippen molar-refractivity contribution in [1.29, 1.82) is 0 Å². The van der Waals surface area contributed by atoms with Crippen molar-refractivity contribution in [3.63, 3.8) is 0 Å². The standard InChI is InChI=1S/C17H25NO3/c1-17(2)11-10-15(21-17)13-18(12-6-9-16(19)20)14-7-4-3-5-8-14/h3-5,7-8,15H,6,9-13H2,1-2H3,(H,19,20). The van der Waals surface area contributed by atoms with Gasteiger partial charge in [-0.05, 0) is 45.2 Å². The number of aliphatic carboxylic acids is 1. The molecule has 0 aromatic heterocycles. The third-order valence-corrected chi connectivity index (χ3v) is 3.92.